The van der Waals surface area contributed by atoms with Gasteiger partial charge in [0.05, 0.1) is 6.61 Å². The number of aryl methyl sites for hydroxylation is 1. The van der Waals surface area contributed by atoms with E-state index in [2.05, 4.69) is 12.2 Å². The Hall–Kier alpha value is -2.89. The fourth-order valence-corrected chi connectivity index (χ4v) is 3.40. The van der Waals surface area contributed by atoms with Gasteiger partial charge in [-0.3, -0.25) is 9.59 Å². The van der Waals surface area contributed by atoms with Crippen LogP contribution in [-0.2, 0) is 16.1 Å². The van der Waals surface area contributed by atoms with Crippen molar-refractivity contribution in [2.24, 2.45) is 0 Å². The highest BCUT2D eigenvalue weighted by Crippen LogP contribution is 2.16. The molecule has 0 heterocycles. The van der Waals surface area contributed by atoms with Gasteiger partial charge < -0.3 is 15.0 Å². The van der Waals surface area contributed by atoms with E-state index < -0.39 is 6.04 Å². The summed E-state index contributed by atoms with van der Waals surface area (Å²) in [6, 6.07) is 13.3. The average molecular weight is 443 g/mol. The fraction of sp³-hybridized carbons (Fsp3) is 0.462. The van der Waals surface area contributed by atoms with Gasteiger partial charge in [0.1, 0.15) is 17.6 Å². The third-order valence-corrected chi connectivity index (χ3v) is 5.31. The van der Waals surface area contributed by atoms with Crippen LogP contribution in [0.2, 0.25) is 0 Å². The van der Waals surface area contributed by atoms with E-state index in [9.17, 15) is 14.0 Å². The summed E-state index contributed by atoms with van der Waals surface area (Å²) in [7, 11) is 0. The smallest absolute Gasteiger partial charge is 0.242 e. The SMILES string of the molecule is CCCCNC(=O)[C@@H](CC)N(Cc1ccc(F)cc1)C(=O)CCCOc1ccc(C)cc1. The minimum absolute atomic E-state index is 0.112. The van der Waals surface area contributed by atoms with E-state index >= 15 is 0 Å². The number of halogens is 1. The molecule has 0 aromatic heterocycles. The predicted octanol–water partition coefficient (Wildman–Crippen LogP) is 5.02. The van der Waals surface area contributed by atoms with E-state index in [1.165, 1.54) is 12.1 Å². The molecule has 32 heavy (non-hydrogen) atoms. The van der Waals surface area contributed by atoms with E-state index in [-0.39, 0.29) is 30.6 Å². The minimum atomic E-state index is -0.567. The maximum Gasteiger partial charge on any atom is 0.242 e. The second-order valence-corrected chi connectivity index (χ2v) is 7.98. The number of ether oxygens (including phenoxy) is 1. The van der Waals surface area contributed by atoms with Crippen LogP contribution in [0, 0.1) is 12.7 Å². The minimum Gasteiger partial charge on any atom is -0.494 e. The van der Waals surface area contributed by atoms with E-state index in [4.69, 9.17) is 4.74 Å². The monoisotopic (exact) mass is 442 g/mol. The predicted molar refractivity (Wildman–Crippen MR) is 125 cm³/mol. The van der Waals surface area contributed by atoms with Gasteiger partial charge in [0.15, 0.2) is 0 Å². The Kier molecular flexibility index (Phi) is 10.7. The summed E-state index contributed by atoms with van der Waals surface area (Å²) in [4.78, 5) is 27.5. The molecule has 0 saturated carbocycles. The first-order valence-corrected chi connectivity index (χ1v) is 11.5. The first kappa shape index (κ1) is 25.4. The van der Waals surface area contributed by atoms with Gasteiger partial charge in [0.25, 0.3) is 0 Å². The normalized spacial score (nSPS) is 11.6. The molecule has 2 amide bonds. The number of rotatable bonds is 13. The number of hydrogen-bond donors (Lipinski definition) is 1. The van der Waals surface area contributed by atoms with Gasteiger partial charge in [-0.25, -0.2) is 4.39 Å². The maximum absolute atomic E-state index is 13.3. The second-order valence-electron chi connectivity index (χ2n) is 7.98. The van der Waals surface area contributed by atoms with Crippen LogP contribution < -0.4 is 10.1 Å². The molecule has 6 heteroatoms. The molecule has 5 nitrogen and oxygen atoms in total. The first-order valence-electron chi connectivity index (χ1n) is 11.5. The molecule has 0 bridgehead atoms. The third kappa shape index (κ3) is 8.33. The van der Waals surface area contributed by atoms with Crippen LogP contribution in [0.25, 0.3) is 0 Å². The number of unbranched alkanes of at least 4 members (excludes halogenated alkanes) is 1. The van der Waals surface area contributed by atoms with Gasteiger partial charge in [-0.05, 0) is 56.0 Å². The van der Waals surface area contributed by atoms with Gasteiger partial charge in [-0.1, -0.05) is 50.1 Å². The van der Waals surface area contributed by atoms with Crippen molar-refractivity contribution < 1.29 is 18.7 Å². The molecule has 174 valence electrons. The second kappa shape index (κ2) is 13.5. The van der Waals surface area contributed by atoms with E-state index in [1.54, 1.807) is 17.0 Å². The van der Waals surface area contributed by atoms with Gasteiger partial charge in [0, 0.05) is 19.5 Å². The zero-order chi connectivity index (χ0) is 23.3. The Balaban J connectivity index is 2.02. The van der Waals surface area contributed by atoms with E-state index in [0.29, 0.717) is 26.0 Å². The van der Waals surface area contributed by atoms with Crippen LogP contribution in [0.5, 0.6) is 5.75 Å². The van der Waals surface area contributed by atoms with Crippen LogP contribution in [-0.4, -0.2) is 35.9 Å². The van der Waals surface area contributed by atoms with Gasteiger partial charge in [0.2, 0.25) is 11.8 Å². The number of carbonyl (C=O) groups excluding carboxylic acids is 2. The summed E-state index contributed by atoms with van der Waals surface area (Å²) in [5.41, 5.74) is 1.95. The van der Waals surface area contributed by atoms with Crippen molar-refractivity contribution in [3.05, 3.63) is 65.5 Å². The average Bonchev–Trinajstić information content (AvgIpc) is 2.79. The topological polar surface area (TPSA) is 58.6 Å². The van der Waals surface area contributed by atoms with Crippen molar-refractivity contribution >= 4 is 11.8 Å². The Labute approximate surface area is 191 Å². The molecule has 0 aliphatic rings. The molecule has 0 spiro atoms. The van der Waals surface area contributed by atoms with Crippen LogP contribution in [0.1, 0.15) is 57.1 Å². The van der Waals surface area contributed by atoms with Crippen LogP contribution in [0.15, 0.2) is 48.5 Å². The summed E-state index contributed by atoms with van der Waals surface area (Å²) < 4.78 is 19.0. The summed E-state index contributed by atoms with van der Waals surface area (Å²) in [6.45, 7) is 7.24. The van der Waals surface area contributed by atoms with Crippen molar-refractivity contribution in [3.63, 3.8) is 0 Å². The summed E-state index contributed by atoms with van der Waals surface area (Å²) in [6.07, 6.45) is 3.19. The molecule has 0 saturated heterocycles. The quantitative estimate of drug-likeness (QED) is 0.443. The van der Waals surface area contributed by atoms with Crippen molar-refractivity contribution in [2.45, 2.75) is 65.5 Å². The third-order valence-electron chi connectivity index (χ3n) is 5.31. The first-order chi connectivity index (χ1) is 15.4. The zero-order valence-corrected chi connectivity index (χ0v) is 19.4. The Morgan fingerprint density at radius 2 is 1.72 bits per heavy atom. The van der Waals surface area contributed by atoms with Crippen molar-refractivity contribution in [3.8, 4) is 5.75 Å². The molecule has 2 aromatic rings. The van der Waals surface area contributed by atoms with E-state index in [0.717, 1.165) is 29.7 Å². The Morgan fingerprint density at radius 1 is 1.03 bits per heavy atom. The number of hydrogen-bond acceptors (Lipinski definition) is 3. The van der Waals surface area contributed by atoms with E-state index in [1.807, 2.05) is 38.1 Å². The molecule has 0 radical (unpaired) electrons. The highest BCUT2D eigenvalue weighted by Gasteiger charge is 2.28. The highest BCUT2D eigenvalue weighted by atomic mass is 19.1. The Bertz CT molecular complexity index is 837. The molecule has 1 atom stereocenters. The largest absolute Gasteiger partial charge is 0.494 e. The molecule has 0 unspecified atom stereocenters. The van der Waals surface area contributed by atoms with Crippen molar-refractivity contribution in [1.82, 2.24) is 10.2 Å². The molecule has 2 aromatic carbocycles. The highest BCUT2D eigenvalue weighted by molar-refractivity contribution is 5.87. The summed E-state index contributed by atoms with van der Waals surface area (Å²) in [5.74, 6) is 0.184. The zero-order valence-electron chi connectivity index (χ0n) is 19.4. The molecular formula is C26H35FN2O3. The van der Waals surface area contributed by atoms with Crippen LogP contribution in [0.3, 0.4) is 0 Å². The van der Waals surface area contributed by atoms with Crippen LogP contribution in [0.4, 0.5) is 4.39 Å². The standard InChI is InChI=1S/C26H35FN2O3/c1-4-6-17-28-26(31)24(5-2)29(19-21-11-13-22(27)14-12-21)25(30)8-7-18-32-23-15-9-20(3)10-16-23/h9-16,24H,4-8,17-19H2,1-3H3,(H,28,31)/t24-/m1/s1. The lowest BCUT2D eigenvalue weighted by Gasteiger charge is -2.30. The lowest BCUT2D eigenvalue weighted by molar-refractivity contribution is -0.141. The summed E-state index contributed by atoms with van der Waals surface area (Å²) >= 11 is 0. The van der Waals surface area contributed by atoms with Gasteiger partial charge >= 0.3 is 0 Å². The van der Waals surface area contributed by atoms with Gasteiger partial charge in [-0.2, -0.15) is 0 Å². The maximum atomic E-state index is 13.3. The van der Waals surface area contributed by atoms with Crippen LogP contribution >= 0.6 is 0 Å². The van der Waals surface area contributed by atoms with Crippen molar-refractivity contribution in [2.75, 3.05) is 13.2 Å². The molecular weight excluding hydrogens is 407 g/mol. The lowest BCUT2D eigenvalue weighted by atomic mass is 10.1. The number of nitrogens with one attached hydrogen (secondary N) is 1. The van der Waals surface area contributed by atoms with Gasteiger partial charge in [-0.15, -0.1) is 0 Å². The fourth-order valence-electron chi connectivity index (χ4n) is 3.40. The number of nitrogens with zero attached hydrogens (tertiary/aromatic N) is 1. The number of benzene rings is 2. The molecule has 1 N–H and O–H groups in total. The Morgan fingerprint density at radius 3 is 2.34 bits per heavy atom. The molecule has 0 aliphatic heterocycles. The summed E-state index contributed by atoms with van der Waals surface area (Å²) in [5, 5.41) is 2.94. The lowest BCUT2D eigenvalue weighted by Crippen LogP contribution is -2.49. The van der Waals surface area contributed by atoms with Crippen molar-refractivity contribution in [1.29, 1.82) is 0 Å². The number of amides is 2. The molecule has 0 aliphatic carbocycles. The molecule has 0 fully saturated rings. The number of carbonyl (C=O) groups is 2. The molecule has 2 rings (SSSR count).